The molecule has 2 rings (SSSR count). The van der Waals surface area contributed by atoms with Gasteiger partial charge in [0.2, 0.25) is 0 Å². The molecule has 0 aliphatic carbocycles. The van der Waals surface area contributed by atoms with Crippen molar-refractivity contribution in [2.75, 3.05) is 18.5 Å². The number of likely N-dealkylation sites (tertiary alicyclic amines) is 1. The van der Waals surface area contributed by atoms with E-state index in [9.17, 15) is 4.79 Å². The van der Waals surface area contributed by atoms with Gasteiger partial charge in [0.1, 0.15) is 5.69 Å². The van der Waals surface area contributed by atoms with Gasteiger partial charge in [-0.25, -0.2) is 15.8 Å². The van der Waals surface area contributed by atoms with Crippen molar-refractivity contribution in [3.63, 3.8) is 0 Å². The predicted octanol–water partition coefficient (Wildman–Crippen LogP) is 1.02. The summed E-state index contributed by atoms with van der Waals surface area (Å²) in [5.74, 6) is 5.60. The first-order chi connectivity index (χ1) is 8.52. The van der Waals surface area contributed by atoms with Gasteiger partial charge in [0, 0.05) is 13.1 Å². The molecule has 1 fully saturated rings. The second kappa shape index (κ2) is 4.89. The third-order valence-corrected chi connectivity index (χ3v) is 3.21. The summed E-state index contributed by atoms with van der Waals surface area (Å²) >= 11 is 0. The number of piperidine rings is 1. The molecule has 6 nitrogen and oxygen atoms in total. The number of amides is 1. The SMILES string of the molecule is CC1(C)CCCN(C(=O)c2cnc(NN)cn2)C1. The second-order valence-corrected chi connectivity index (χ2v) is 5.43. The normalized spacial score (nSPS) is 18.5. The fourth-order valence-corrected chi connectivity index (χ4v) is 2.27. The average Bonchev–Trinajstić information content (AvgIpc) is 2.37. The highest BCUT2D eigenvalue weighted by Gasteiger charge is 2.30. The molecule has 2 heterocycles. The lowest BCUT2D eigenvalue weighted by Gasteiger charge is -2.37. The molecule has 0 atom stereocenters. The Morgan fingerprint density at radius 2 is 2.22 bits per heavy atom. The molecule has 3 N–H and O–H groups in total. The van der Waals surface area contributed by atoms with Gasteiger partial charge in [-0.15, -0.1) is 0 Å². The van der Waals surface area contributed by atoms with Crippen molar-refractivity contribution in [2.45, 2.75) is 26.7 Å². The van der Waals surface area contributed by atoms with E-state index in [4.69, 9.17) is 5.84 Å². The van der Waals surface area contributed by atoms with Crippen LogP contribution in [-0.4, -0.2) is 33.9 Å². The molecule has 0 bridgehead atoms. The predicted molar refractivity (Wildman–Crippen MR) is 68.8 cm³/mol. The van der Waals surface area contributed by atoms with Crippen molar-refractivity contribution < 1.29 is 4.79 Å². The van der Waals surface area contributed by atoms with E-state index in [-0.39, 0.29) is 11.3 Å². The summed E-state index contributed by atoms with van der Waals surface area (Å²) < 4.78 is 0. The smallest absolute Gasteiger partial charge is 0.274 e. The number of aromatic nitrogens is 2. The van der Waals surface area contributed by atoms with E-state index in [1.807, 2.05) is 4.90 Å². The maximum Gasteiger partial charge on any atom is 0.274 e. The van der Waals surface area contributed by atoms with E-state index in [0.717, 1.165) is 25.9 Å². The van der Waals surface area contributed by atoms with Gasteiger partial charge >= 0.3 is 0 Å². The molecule has 0 unspecified atom stereocenters. The minimum Gasteiger partial charge on any atom is -0.337 e. The highest BCUT2D eigenvalue weighted by molar-refractivity contribution is 5.92. The van der Waals surface area contributed by atoms with Crippen LogP contribution in [0.4, 0.5) is 5.82 Å². The summed E-state index contributed by atoms with van der Waals surface area (Å²) in [5, 5.41) is 0. The van der Waals surface area contributed by atoms with Gasteiger partial charge in [-0.3, -0.25) is 4.79 Å². The molecular weight excluding hydrogens is 230 g/mol. The lowest BCUT2D eigenvalue weighted by atomic mass is 9.84. The lowest BCUT2D eigenvalue weighted by Crippen LogP contribution is -2.43. The molecule has 1 aliphatic rings. The standard InChI is InChI=1S/C12H19N5O/c1-12(2)4-3-5-17(8-12)11(18)9-6-15-10(16-13)7-14-9/h6-7H,3-5,8,13H2,1-2H3,(H,15,16). The van der Waals surface area contributed by atoms with Crippen molar-refractivity contribution in [3.8, 4) is 0 Å². The van der Waals surface area contributed by atoms with E-state index in [2.05, 4.69) is 29.2 Å². The van der Waals surface area contributed by atoms with E-state index in [1.54, 1.807) is 0 Å². The number of nitrogens with one attached hydrogen (secondary N) is 1. The zero-order chi connectivity index (χ0) is 13.2. The Morgan fingerprint density at radius 1 is 1.44 bits per heavy atom. The Kier molecular flexibility index (Phi) is 3.47. The first kappa shape index (κ1) is 12.8. The highest BCUT2D eigenvalue weighted by Crippen LogP contribution is 2.28. The topological polar surface area (TPSA) is 84.1 Å². The molecule has 0 radical (unpaired) electrons. The molecule has 6 heteroatoms. The minimum atomic E-state index is -0.0566. The third kappa shape index (κ3) is 2.76. The number of nitrogens with zero attached hydrogens (tertiary/aromatic N) is 3. The molecule has 1 aromatic heterocycles. The first-order valence-electron chi connectivity index (χ1n) is 6.10. The highest BCUT2D eigenvalue weighted by atomic mass is 16.2. The van der Waals surface area contributed by atoms with Crippen LogP contribution in [0.1, 0.15) is 37.2 Å². The Balaban J connectivity index is 2.10. The van der Waals surface area contributed by atoms with Gasteiger partial charge in [0.15, 0.2) is 5.82 Å². The average molecular weight is 249 g/mol. The number of nitrogens with two attached hydrogens (primary N) is 1. The molecule has 0 saturated carbocycles. The monoisotopic (exact) mass is 249 g/mol. The maximum atomic E-state index is 12.3. The quantitative estimate of drug-likeness (QED) is 0.604. The number of hydrazine groups is 1. The molecular formula is C12H19N5O. The Morgan fingerprint density at radius 3 is 2.78 bits per heavy atom. The summed E-state index contributed by atoms with van der Waals surface area (Å²) in [7, 11) is 0. The van der Waals surface area contributed by atoms with Gasteiger partial charge in [-0.1, -0.05) is 13.8 Å². The van der Waals surface area contributed by atoms with Crippen molar-refractivity contribution >= 4 is 11.7 Å². The third-order valence-electron chi connectivity index (χ3n) is 3.21. The minimum absolute atomic E-state index is 0.0566. The van der Waals surface area contributed by atoms with Crippen LogP contribution in [0.25, 0.3) is 0 Å². The lowest BCUT2D eigenvalue weighted by molar-refractivity contribution is 0.0577. The summed E-state index contributed by atoms with van der Waals surface area (Å²) in [4.78, 5) is 22.2. The van der Waals surface area contributed by atoms with Crippen molar-refractivity contribution in [2.24, 2.45) is 11.3 Å². The van der Waals surface area contributed by atoms with E-state index in [0.29, 0.717) is 11.5 Å². The van der Waals surface area contributed by atoms with Gasteiger partial charge in [0.25, 0.3) is 5.91 Å². The Bertz CT molecular complexity index is 429. The fourth-order valence-electron chi connectivity index (χ4n) is 2.27. The number of anilines is 1. The summed E-state index contributed by atoms with van der Waals surface area (Å²) in [6.45, 7) is 5.92. The van der Waals surface area contributed by atoms with Gasteiger partial charge in [0.05, 0.1) is 12.4 Å². The molecule has 1 amide bonds. The van der Waals surface area contributed by atoms with Crippen LogP contribution in [0, 0.1) is 5.41 Å². The molecule has 0 aromatic carbocycles. The summed E-state index contributed by atoms with van der Waals surface area (Å²) in [5.41, 5.74) is 2.94. The summed E-state index contributed by atoms with van der Waals surface area (Å²) in [6.07, 6.45) is 5.11. The van der Waals surface area contributed by atoms with Crippen molar-refractivity contribution in [3.05, 3.63) is 18.1 Å². The van der Waals surface area contributed by atoms with E-state index in [1.165, 1.54) is 12.4 Å². The largest absolute Gasteiger partial charge is 0.337 e. The second-order valence-electron chi connectivity index (χ2n) is 5.43. The van der Waals surface area contributed by atoms with E-state index >= 15 is 0 Å². The van der Waals surface area contributed by atoms with Crippen LogP contribution < -0.4 is 11.3 Å². The number of rotatable bonds is 2. The Hall–Kier alpha value is -1.69. The molecule has 1 aliphatic heterocycles. The number of carbonyl (C=O) groups is 1. The summed E-state index contributed by atoms with van der Waals surface area (Å²) in [6, 6.07) is 0. The maximum absolute atomic E-state index is 12.3. The molecule has 1 saturated heterocycles. The molecule has 18 heavy (non-hydrogen) atoms. The fraction of sp³-hybridized carbons (Fsp3) is 0.583. The molecule has 98 valence electrons. The van der Waals surface area contributed by atoms with Crippen molar-refractivity contribution in [1.82, 2.24) is 14.9 Å². The van der Waals surface area contributed by atoms with Crippen LogP contribution in [0.15, 0.2) is 12.4 Å². The number of hydrogen-bond donors (Lipinski definition) is 2. The van der Waals surface area contributed by atoms with E-state index < -0.39 is 0 Å². The van der Waals surface area contributed by atoms with Gasteiger partial charge in [-0.2, -0.15) is 0 Å². The van der Waals surface area contributed by atoms with Gasteiger partial charge in [-0.05, 0) is 18.3 Å². The van der Waals surface area contributed by atoms with Crippen LogP contribution in [0.2, 0.25) is 0 Å². The number of nitrogen functional groups attached to an aromatic ring is 1. The number of hydrogen-bond acceptors (Lipinski definition) is 5. The van der Waals surface area contributed by atoms with Crippen LogP contribution >= 0.6 is 0 Å². The zero-order valence-electron chi connectivity index (χ0n) is 10.8. The number of carbonyl (C=O) groups excluding carboxylic acids is 1. The van der Waals surface area contributed by atoms with Crippen LogP contribution in [0.3, 0.4) is 0 Å². The zero-order valence-corrected chi connectivity index (χ0v) is 10.8. The van der Waals surface area contributed by atoms with Gasteiger partial charge < -0.3 is 10.3 Å². The first-order valence-corrected chi connectivity index (χ1v) is 6.10. The van der Waals surface area contributed by atoms with Crippen LogP contribution in [0.5, 0.6) is 0 Å². The molecule has 0 spiro atoms. The van der Waals surface area contributed by atoms with Crippen molar-refractivity contribution in [1.29, 1.82) is 0 Å². The molecule has 1 aromatic rings. The van der Waals surface area contributed by atoms with Crippen LogP contribution in [-0.2, 0) is 0 Å². The Labute approximate surface area is 107 Å².